The number of likely N-dealkylation sites (N-methyl/N-ethyl adjacent to an activating group) is 1. The summed E-state index contributed by atoms with van der Waals surface area (Å²) in [6.45, 7) is 0.296. The number of nitrogens with one attached hydrogen (secondary N) is 1. The van der Waals surface area contributed by atoms with Crippen molar-refractivity contribution in [2.45, 2.75) is 12.6 Å². The molecule has 1 atom stereocenters. The van der Waals surface area contributed by atoms with Crippen molar-refractivity contribution in [3.05, 3.63) is 71.8 Å². The number of benzene rings is 2. The molecule has 2 aromatic carbocycles. The van der Waals surface area contributed by atoms with E-state index in [0.29, 0.717) is 6.61 Å². The molecule has 0 aliphatic heterocycles. The van der Waals surface area contributed by atoms with Crippen LogP contribution in [0.25, 0.3) is 0 Å². The van der Waals surface area contributed by atoms with E-state index in [2.05, 4.69) is 5.32 Å². The molecule has 0 spiro atoms. The minimum absolute atomic E-state index is 0.266. The Morgan fingerprint density at radius 2 is 1.63 bits per heavy atom. The molecular weight excluding hydrogens is 238 g/mol. The molecular formula is C16H17NO2. The molecule has 0 fully saturated rings. The van der Waals surface area contributed by atoms with Crippen molar-refractivity contribution in [1.29, 1.82) is 0 Å². The first-order valence-corrected chi connectivity index (χ1v) is 6.24. The van der Waals surface area contributed by atoms with Crippen molar-refractivity contribution in [3.63, 3.8) is 0 Å². The molecule has 2 rings (SSSR count). The first-order chi connectivity index (χ1) is 9.31. The first-order valence-electron chi connectivity index (χ1n) is 6.24. The molecule has 3 nitrogen and oxygen atoms in total. The molecule has 98 valence electrons. The highest BCUT2D eigenvalue weighted by Gasteiger charge is 2.19. The van der Waals surface area contributed by atoms with Crippen LogP contribution in [0.3, 0.4) is 0 Å². The zero-order valence-electron chi connectivity index (χ0n) is 10.9. The number of rotatable bonds is 5. The molecule has 0 heterocycles. The average molecular weight is 255 g/mol. The predicted molar refractivity (Wildman–Crippen MR) is 74.5 cm³/mol. The second-order valence-electron chi connectivity index (χ2n) is 4.23. The standard InChI is InChI=1S/C16H17NO2/c1-17-15(14-10-6-3-7-11-14)16(18)19-12-13-8-4-2-5-9-13/h2-11,15,17H,12H2,1H3/t15-/m0/s1. The van der Waals surface area contributed by atoms with E-state index < -0.39 is 6.04 Å². The molecule has 1 N–H and O–H groups in total. The normalized spacial score (nSPS) is 11.8. The van der Waals surface area contributed by atoms with Crippen LogP contribution in [-0.2, 0) is 16.1 Å². The van der Waals surface area contributed by atoms with E-state index >= 15 is 0 Å². The molecule has 19 heavy (non-hydrogen) atoms. The average Bonchev–Trinajstić information content (AvgIpc) is 2.48. The van der Waals surface area contributed by atoms with Crippen LogP contribution in [0, 0.1) is 0 Å². The Hall–Kier alpha value is -2.13. The third kappa shape index (κ3) is 3.66. The Bertz CT molecular complexity index is 511. The van der Waals surface area contributed by atoms with Crippen LogP contribution in [0.1, 0.15) is 17.2 Å². The van der Waals surface area contributed by atoms with Crippen LogP contribution < -0.4 is 5.32 Å². The summed E-state index contributed by atoms with van der Waals surface area (Å²) in [7, 11) is 1.75. The van der Waals surface area contributed by atoms with Gasteiger partial charge in [-0.15, -0.1) is 0 Å². The van der Waals surface area contributed by atoms with E-state index in [9.17, 15) is 4.79 Å². The first kappa shape index (κ1) is 13.3. The Morgan fingerprint density at radius 3 is 2.21 bits per heavy atom. The van der Waals surface area contributed by atoms with E-state index in [1.165, 1.54) is 0 Å². The van der Waals surface area contributed by atoms with Crippen molar-refractivity contribution >= 4 is 5.97 Å². The number of esters is 1. The fourth-order valence-corrected chi connectivity index (χ4v) is 1.88. The fourth-order valence-electron chi connectivity index (χ4n) is 1.88. The van der Waals surface area contributed by atoms with E-state index in [1.54, 1.807) is 7.05 Å². The molecule has 0 aliphatic carbocycles. The van der Waals surface area contributed by atoms with Gasteiger partial charge in [-0.05, 0) is 18.2 Å². The van der Waals surface area contributed by atoms with Crippen LogP contribution >= 0.6 is 0 Å². The van der Waals surface area contributed by atoms with Crippen molar-refractivity contribution in [3.8, 4) is 0 Å². The van der Waals surface area contributed by atoms with Crippen molar-refractivity contribution in [2.75, 3.05) is 7.05 Å². The molecule has 0 saturated carbocycles. The second kappa shape index (κ2) is 6.71. The van der Waals surface area contributed by atoms with Gasteiger partial charge in [0.05, 0.1) is 0 Å². The van der Waals surface area contributed by atoms with Gasteiger partial charge in [0.25, 0.3) is 0 Å². The van der Waals surface area contributed by atoms with E-state index in [0.717, 1.165) is 11.1 Å². The summed E-state index contributed by atoms with van der Waals surface area (Å²) in [5.41, 5.74) is 1.89. The van der Waals surface area contributed by atoms with E-state index in [4.69, 9.17) is 4.74 Å². The zero-order valence-corrected chi connectivity index (χ0v) is 10.9. The lowest BCUT2D eigenvalue weighted by atomic mass is 10.1. The topological polar surface area (TPSA) is 38.3 Å². The minimum Gasteiger partial charge on any atom is -0.459 e. The lowest BCUT2D eigenvalue weighted by molar-refractivity contribution is -0.147. The minimum atomic E-state index is -0.426. The summed E-state index contributed by atoms with van der Waals surface area (Å²) in [5, 5.41) is 2.98. The molecule has 0 unspecified atom stereocenters. The summed E-state index contributed by atoms with van der Waals surface area (Å²) in [4.78, 5) is 12.1. The molecule has 0 aliphatic rings. The molecule has 0 aromatic heterocycles. The maximum Gasteiger partial charge on any atom is 0.328 e. The number of hydrogen-bond donors (Lipinski definition) is 1. The van der Waals surface area contributed by atoms with Crippen LogP contribution in [0.2, 0.25) is 0 Å². The number of ether oxygens (including phenoxy) is 1. The summed E-state index contributed by atoms with van der Waals surface area (Å²) in [6.07, 6.45) is 0. The SMILES string of the molecule is CN[C@H](C(=O)OCc1ccccc1)c1ccccc1. The fraction of sp³-hybridized carbons (Fsp3) is 0.188. The van der Waals surface area contributed by atoms with Crippen molar-refractivity contribution in [1.82, 2.24) is 5.32 Å². The molecule has 0 bridgehead atoms. The van der Waals surface area contributed by atoms with Gasteiger partial charge in [-0.3, -0.25) is 0 Å². The third-order valence-corrected chi connectivity index (χ3v) is 2.88. The monoisotopic (exact) mass is 255 g/mol. The van der Waals surface area contributed by atoms with Gasteiger partial charge in [0.15, 0.2) is 0 Å². The van der Waals surface area contributed by atoms with Crippen LogP contribution in [0.4, 0.5) is 0 Å². The highest BCUT2D eigenvalue weighted by atomic mass is 16.5. The van der Waals surface area contributed by atoms with Crippen LogP contribution in [0.5, 0.6) is 0 Å². The van der Waals surface area contributed by atoms with Gasteiger partial charge in [-0.2, -0.15) is 0 Å². The van der Waals surface area contributed by atoms with Crippen molar-refractivity contribution < 1.29 is 9.53 Å². The molecule has 0 saturated heterocycles. The molecule has 3 heteroatoms. The van der Waals surface area contributed by atoms with Crippen LogP contribution in [-0.4, -0.2) is 13.0 Å². The van der Waals surface area contributed by atoms with Gasteiger partial charge < -0.3 is 10.1 Å². The summed E-state index contributed by atoms with van der Waals surface area (Å²) >= 11 is 0. The Labute approximate surface area is 113 Å². The Kier molecular flexibility index (Phi) is 4.70. The van der Waals surface area contributed by atoms with Gasteiger partial charge in [0.1, 0.15) is 12.6 Å². The second-order valence-corrected chi connectivity index (χ2v) is 4.23. The number of carbonyl (C=O) groups is 1. The molecule has 0 radical (unpaired) electrons. The maximum absolute atomic E-state index is 12.1. The summed E-state index contributed by atoms with van der Waals surface area (Å²) in [6, 6.07) is 18.8. The predicted octanol–water partition coefficient (Wildman–Crippen LogP) is 2.69. The van der Waals surface area contributed by atoms with E-state index in [1.807, 2.05) is 60.7 Å². The highest BCUT2D eigenvalue weighted by molar-refractivity contribution is 5.77. The zero-order chi connectivity index (χ0) is 13.5. The number of carbonyl (C=O) groups excluding carboxylic acids is 1. The molecule has 0 amide bonds. The van der Waals surface area contributed by atoms with Gasteiger partial charge in [0.2, 0.25) is 0 Å². The summed E-state index contributed by atoms with van der Waals surface area (Å²) < 4.78 is 5.33. The van der Waals surface area contributed by atoms with Gasteiger partial charge in [-0.1, -0.05) is 60.7 Å². The largest absolute Gasteiger partial charge is 0.459 e. The van der Waals surface area contributed by atoms with Crippen LogP contribution in [0.15, 0.2) is 60.7 Å². The number of hydrogen-bond acceptors (Lipinski definition) is 3. The summed E-state index contributed by atoms with van der Waals surface area (Å²) in [5.74, 6) is -0.266. The highest BCUT2D eigenvalue weighted by Crippen LogP contribution is 2.14. The Morgan fingerprint density at radius 1 is 1.05 bits per heavy atom. The van der Waals surface area contributed by atoms with Gasteiger partial charge in [0, 0.05) is 0 Å². The maximum atomic E-state index is 12.1. The van der Waals surface area contributed by atoms with Gasteiger partial charge >= 0.3 is 5.97 Å². The van der Waals surface area contributed by atoms with Crippen molar-refractivity contribution in [2.24, 2.45) is 0 Å². The Balaban J connectivity index is 1.98. The smallest absolute Gasteiger partial charge is 0.328 e. The van der Waals surface area contributed by atoms with E-state index in [-0.39, 0.29) is 5.97 Å². The third-order valence-electron chi connectivity index (χ3n) is 2.88. The lowest BCUT2D eigenvalue weighted by Gasteiger charge is -2.15. The quantitative estimate of drug-likeness (QED) is 0.835. The van der Waals surface area contributed by atoms with Gasteiger partial charge in [-0.25, -0.2) is 4.79 Å². The molecule has 2 aromatic rings. The lowest BCUT2D eigenvalue weighted by Crippen LogP contribution is -2.27.